The van der Waals surface area contributed by atoms with Crippen LogP contribution in [0.25, 0.3) is 0 Å². The molecule has 3 nitrogen and oxygen atoms in total. The Morgan fingerprint density at radius 1 is 1.25 bits per heavy atom. The molecule has 1 rings (SSSR count). The van der Waals surface area contributed by atoms with E-state index < -0.39 is 0 Å². The third-order valence-corrected chi connectivity index (χ3v) is 3.40. The second-order valence-corrected chi connectivity index (χ2v) is 5.26. The molecule has 2 N–H and O–H groups in total. The molecule has 16 heavy (non-hydrogen) atoms. The predicted molar refractivity (Wildman–Crippen MR) is 67.3 cm³/mol. The summed E-state index contributed by atoms with van der Waals surface area (Å²) in [5, 5.41) is 6.37. The van der Waals surface area contributed by atoms with Gasteiger partial charge in [-0.2, -0.15) is 0 Å². The van der Waals surface area contributed by atoms with E-state index in [2.05, 4.69) is 31.4 Å². The quantitative estimate of drug-likeness (QED) is 0.728. The van der Waals surface area contributed by atoms with Gasteiger partial charge < -0.3 is 10.6 Å². The average molecular weight is 226 g/mol. The van der Waals surface area contributed by atoms with Crippen molar-refractivity contribution in [2.45, 2.75) is 65.0 Å². The zero-order chi connectivity index (χ0) is 12.0. The minimum atomic E-state index is 0.188. The number of carbonyl (C=O) groups excluding carboxylic acids is 1. The van der Waals surface area contributed by atoms with Gasteiger partial charge in [0.15, 0.2) is 0 Å². The lowest BCUT2D eigenvalue weighted by molar-refractivity contribution is -0.121. The molecule has 0 aromatic heterocycles. The second kappa shape index (κ2) is 6.89. The van der Waals surface area contributed by atoms with Crippen LogP contribution in [0.1, 0.15) is 52.9 Å². The van der Waals surface area contributed by atoms with Gasteiger partial charge in [-0.3, -0.25) is 4.79 Å². The van der Waals surface area contributed by atoms with Crippen molar-refractivity contribution >= 4 is 5.91 Å². The van der Waals surface area contributed by atoms with Crippen LogP contribution in [0.3, 0.4) is 0 Å². The van der Waals surface area contributed by atoms with Crippen molar-refractivity contribution in [2.75, 3.05) is 6.54 Å². The van der Waals surface area contributed by atoms with Gasteiger partial charge in [0.2, 0.25) is 5.91 Å². The molecule has 94 valence electrons. The fourth-order valence-electron chi connectivity index (χ4n) is 2.38. The first-order valence-electron chi connectivity index (χ1n) is 6.62. The number of rotatable bonds is 6. The highest BCUT2D eigenvalue weighted by Crippen LogP contribution is 2.27. The van der Waals surface area contributed by atoms with Crippen molar-refractivity contribution in [1.82, 2.24) is 10.6 Å². The van der Waals surface area contributed by atoms with E-state index in [1.807, 2.05) is 0 Å². The Morgan fingerprint density at radius 2 is 1.88 bits per heavy atom. The molecule has 0 aromatic carbocycles. The molecule has 1 aliphatic carbocycles. The topological polar surface area (TPSA) is 41.1 Å². The molecule has 0 radical (unpaired) electrons. The Morgan fingerprint density at radius 3 is 2.44 bits per heavy atom. The maximum atomic E-state index is 11.6. The Balaban J connectivity index is 2.12. The van der Waals surface area contributed by atoms with E-state index in [0.717, 1.165) is 6.54 Å². The Bertz CT molecular complexity index is 210. The van der Waals surface area contributed by atoms with Crippen LogP contribution in [0.2, 0.25) is 0 Å². The number of hydrogen-bond donors (Lipinski definition) is 2. The molecular formula is C13H26N2O. The van der Waals surface area contributed by atoms with Crippen LogP contribution in [0, 0.1) is 5.92 Å². The molecule has 1 atom stereocenters. The van der Waals surface area contributed by atoms with Gasteiger partial charge in [0.25, 0.3) is 0 Å². The van der Waals surface area contributed by atoms with E-state index >= 15 is 0 Å². The first kappa shape index (κ1) is 13.5. The van der Waals surface area contributed by atoms with Crippen molar-refractivity contribution in [3.05, 3.63) is 0 Å². The Labute approximate surface area is 99.4 Å². The van der Waals surface area contributed by atoms with Crippen molar-refractivity contribution in [3.63, 3.8) is 0 Å². The number of nitrogens with one attached hydrogen (secondary N) is 2. The van der Waals surface area contributed by atoms with E-state index in [0.29, 0.717) is 24.4 Å². The fraction of sp³-hybridized carbons (Fsp3) is 0.923. The Hall–Kier alpha value is -0.570. The van der Waals surface area contributed by atoms with Gasteiger partial charge in [-0.15, -0.1) is 0 Å². The molecule has 3 heteroatoms. The molecule has 0 bridgehead atoms. The second-order valence-electron chi connectivity index (χ2n) is 5.26. The van der Waals surface area contributed by atoms with Crippen molar-refractivity contribution in [3.8, 4) is 0 Å². The normalized spacial score (nSPS) is 19.0. The lowest BCUT2D eigenvalue weighted by atomic mass is 10.00. The van der Waals surface area contributed by atoms with Crippen LogP contribution in [-0.2, 0) is 4.79 Å². The lowest BCUT2D eigenvalue weighted by Gasteiger charge is -2.20. The minimum absolute atomic E-state index is 0.188. The van der Waals surface area contributed by atoms with Crippen LogP contribution in [0.15, 0.2) is 0 Å². The van der Waals surface area contributed by atoms with E-state index in [1.54, 1.807) is 0 Å². The average Bonchev–Trinajstić information content (AvgIpc) is 2.69. The molecule has 0 aliphatic heterocycles. The van der Waals surface area contributed by atoms with Crippen LogP contribution in [0.4, 0.5) is 0 Å². The Kier molecular flexibility index (Phi) is 5.81. The molecule has 0 saturated heterocycles. The molecule has 1 saturated carbocycles. The predicted octanol–water partition coefficient (Wildman–Crippen LogP) is 2.07. The molecule has 1 aliphatic rings. The SMILES string of the molecule is CC(C)NCCC(=O)N[C@@H](C)C1CCCC1. The third-order valence-electron chi connectivity index (χ3n) is 3.40. The van der Waals surface area contributed by atoms with Crippen molar-refractivity contribution in [2.24, 2.45) is 5.92 Å². The molecular weight excluding hydrogens is 200 g/mol. The van der Waals surface area contributed by atoms with Crippen LogP contribution in [-0.4, -0.2) is 24.5 Å². The minimum Gasteiger partial charge on any atom is -0.353 e. The van der Waals surface area contributed by atoms with E-state index in [-0.39, 0.29) is 5.91 Å². The molecule has 0 unspecified atom stereocenters. The van der Waals surface area contributed by atoms with Gasteiger partial charge in [-0.1, -0.05) is 26.7 Å². The largest absolute Gasteiger partial charge is 0.353 e. The first-order chi connectivity index (χ1) is 7.59. The van der Waals surface area contributed by atoms with Crippen LogP contribution >= 0.6 is 0 Å². The number of amides is 1. The molecule has 1 amide bonds. The maximum Gasteiger partial charge on any atom is 0.221 e. The van der Waals surface area contributed by atoms with Crippen LogP contribution < -0.4 is 10.6 Å². The molecule has 0 heterocycles. The summed E-state index contributed by atoms with van der Waals surface area (Å²) in [7, 11) is 0. The molecule has 0 spiro atoms. The smallest absolute Gasteiger partial charge is 0.221 e. The maximum absolute atomic E-state index is 11.6. The fourth-order valence-corrected chi connectivity index (χ4v) is 2.38. The van der Waals surface area contributed by atoms with Gasteiger partial charge in [-0.25, -0.2) is 0 Å². The summed E-state index contributed by atoms with van der Waals surface area (Å²) in [6, 6.07) is 0.814. The highest BCUT2D eigenvalue weighted by atomic mass is 16.1. The van der Waals surface area contributed by atoms with E-state index in [1.165, 1.54) is 25.7 Å². The lowest BCUT2D eigenvalue weighted by Crippen LogP contribution is -2.39. The summed E-state index contributed by atoms with van der Waals surface area (Å²) >= 11 is 0. The van der Waals surface area contributed by atoms with Gasteiger partial charge in [0.05, 0.1) is 0 Å². The third kappa shape index (κ3) is 4.97. The van der Waals surface area contributed by atoms with Gasteiger partial charge in [0, 0.05) is 25.0 Å². The van der Waals surface area contributed by atoms with Crippen molar-refractivity contribution < 1.29 is 4.79 Å². The zero-order valence-electron chi connectivity index (χ0n) is 10.9. The van der Waals surface area contributed by atoms with Gasteiger partial charge in [0.1, 0.15) is 0 Å². The number of carbonyl (C=O) groups is 1. The van der Waals surface area contributed by atoms with E-state index in [9.17, 15) is 4.79 Å². The summed E-state index contributed by atoms with van der Waals surface area (Å²) in [5.41, 5.74) is 0. The standard InChI is InChI=1S/C13H26N2O/c1-10(2)14-9-8-13(16)15-11(3)12-6-4-5-7-12/h10-12,14H,4-9H2,1-3H3,(H,15,16)/t11-/m0/s1. The number of hydrogen-bond acceptors (Lipinski definition) is 2. The highest BCUT2D eigenvalue weighted by Gasteiger charge is 2.22. The van der Waals surface area contributed by atoms with Crippen molar-refractivity contribution in [1.29, 1.82) is 0 Å². The summed E-state index contributed by atoms with van der Waals surface area (Å²) in [6.07, 6.45) is 5.83. The summed E-state index contributed by atoms with van der Waals surface area (Å²) in [5.74, 6) is 0.898. The van der Waals surface area contributed by atoms with Crippen LogP contribution in [0.5, 0.6) is 0 Å². The van der Waals surface area contributed by atoms with Gasteiger partial charge >= 0.3 is 0 Å². The van der Waals surface area contributed by atoms with E-state index in [4.69, 9.17) is 0 Å². The summed E-state index contributed by atoms with van der Waals surface area (Å²) in [6.45, 7) is 7.11. The molecule has 1 fully saturated rings. The summed E-state index contributed by atoms with van der Waals surface area (Å²) in [4.78, 5) is 11.6. The monoisotopic (exact) mass is 226 g/mol. The molecule has 0 aromatic rings. The highest BCUT2D eigenvalue weighted by molar-refractivity contribution is 5.76. The summed E-state index contributed by atoms with van der Waals surface area (Å²) < 4.78 is 0. The first-order valence-corrected chi connectivity index (χ1v) is 6.62. The zero-order valence-corrected chi connectivity index (χ0v) is 10.9. The van der Waals surface area contributed by atoms with Gasteiger partial charge in [-0.05, 0) is 25.7 Å².